The van der Waals surface area contributed by atoms with Gasteiger partial charge in [-0.1, -0.05) is 46.0 Å². The first-order valence-corrected chi connectivity index (χ1v) is 16.2. The summed E-state index contributed by atoms with van der Waals surface area (Å²) in [5, 5.41) is 16.8. The summed E-state index contributed by atoms with van der Waals surface area (Å²) in [6.45, 7) is 7.22. The largest absolute Gasteiger partial charge is 0.391 e. The molecule has 9 heteroatoms. The first-order chi connectivity index (χ1) is 21.1. The molecule has 0 saturated heterocycles. The second-order valence-electron chi connectivity index (χ2n) is 12.2. The monoisotopic (exact) mass is 613 g/mol. The van der Waals surface area contributed by atoms with Gasteiger partial charge >= 0.3 is 0 Å². The number of hydrogen-bond donors (Lipinski definition) is 3. The number of benzene rings is 2. The molecule has 3 rings (SSSR count). The second-order valence-corrected chi connectivity index (χ2v) is 12.2. The van der Waals surface area contributed by atoms with Crippen LogP contribution in [0.3, 0.4) is 0 Å². The number of halogens is 2. The van der Waals surface area contributed by atoms with Crippen molar-refractivity contribution in [2.75, 3.05) is 19.6 Å². The summed E-state index contributed by atoms with van der Waals surface area (Å²) in [5.74, 6) is -1.67. The number of aliphatic hydroxyl groups excluding tert-OH is 1. The van der Waals surface area contributed by atoms with E-state index in [0.717, 1.165) is 30.9 Å². The van der Waals surface area contributed by atoms with Crippen LogP contribution in [0.1, 0.15) is 110 Å². The quantitative estimate of drug-likeness (QED) is 0.213. The molecule has 0 radical (unpaired) electrons. The molecule has 3 amide bonds. The Kier molecular flexibility index (Phi) is 14.2. The number of carbonyl (C=O) groups is 3. The molecule has 0 bridgehead atoms. The summed E-state index contributed by atoms with van der Waals surface area (Å²) in [6, 6.07) is 7.15. The highest BCUT2D eigenvalue weighted by Crippen LogP contribution is 2.27. The van der Waals surface area contributed by atoms with E-state index in [1.807, 2.05) is 13.8 Å². The summed E-state index contributed by atoms with van der Waals surface area (Å²) >= 11 is 0. The molecular weight excluding hydrogens is 564 g/mol. The second kappa shape index (κ2) is 17.8. The highest BCUT2D eigenvalue weighted by molar-refractivity contribution is 6.00. The van der Waals surface area contributed by atoms with Gasteiger partial charge in [-0.05, 0) is 86.4 Å². The van der Waals surface area contributed by atoms with Crippen molar-refractivity contribution >= 4 is 17.7 Å². The minimum Gasteiger partial charge on any atom is -0.391 e. The highest BCUT2D eigenvalue weighted by atomic mass is 19.1. The smallest absolute Gasteiger partial charge is 0.253 e. The normalized spacial score (nSPS) is 15.0. The Hall–Kier alpha value is -3.33. The van der Waals surface area contributed by atoms with Crippen molar-refractivity contribution in [1.29, 1.82) is 0 Å². The van der Waals surface area contributed by atoms with Crippen LogP contribution in [-0.2, 0) is 11.2 Å². The Morgan fingerprint density at radius 3 is 2.20 bits per heavy atom. The standard InChI is InChI=1S/C35H49F2N3O4/c1-4-15-40(16-5-2)35(44)28-18-24(3)17-27(22-28)34(43)39-31(21-26-19-29(36)23-30(37)20-26)32(41)13-14-38-33(42)12-11-25-9-7-6-8-10-25/h17-20,22-23,25,31-32,41H,4-16,21H2,1-3H3,(H,38,42)(H,39,43)/t31-,32+/m0/s1. The van der Waals surface area contributed by atoms with E-state index in [0.29, 0.717) is 31.0 Å². The van der Waals surface area contributed by atoms with E-state index >= 15 is 0 Å². The SMILES string of the molecule is CCCN(CCC)C(=O)c1cc(C)cc(C(=O)N[C@@H](Cc2cc(F)cc(F)c2)[C@H](O)CCNC(=O)CCC2CCCCC2)c1. The topological polar surface area (TPSA) is 98.7 Å². The molecule has 0 spiro atoms. The molecule has 3 N–H and O–H groups in total. The molecule has 0 unspecified atom stereocenters. The third-order valence-electron chi connectivity index (χ3n) is 8.29. The van der Waals surface area contributed by atoms with Gasteiger partial charge in [-0.3, -0.25) is 14.4 Å². The summed E-state index contributed by atoms with van der Waals surface area (Å²) in [7, 11) is 0. The van der Waals surface area contributed by atoms with Crippen LogP contribution in [0.25, 0.3) is 0 Å². The van der Waals surface area contributed by atoms with Crippen LogP contribution < -0.4 is 10.6 Å². The van der Waals surface area contributed by atoms with Crippen molar-refractivity contribution in [2.45, 2.75) is 104 Å². The molecule has 2 atom stereocenters. The molecule has 242 valence electrons. The molecule has 44 heavy (non-hydrogen) atoms. The summed E-state index contributed by atoms with van der Waals surface area (Å²) in [4.78, 5) is 40.9. The zero-order valence-corrected chi connectivity index (χ0v) is 26.5. The Balaban J connectivity index is 1.70. The van der Waals surface area contributed by atoms with Gasteiger partial charge in [-0.2, -0.15) is 0 Å². The van der Waals surface area contributed by atoms with Crippen LogP contribution in [0.2, 0.25) is 0 Å². The van der Waals surface area contributed by atoms with E-state index in [-0.39, 0.29) is 42.3 Å². The van der Waals surface area contributed by atoms with Gasteiger partial charge in [0.15, 0.2) is 0 Å². The lowest BCUT2D eigenvalue weighted by atomic mass is 9.86. The van der Waals surface area contributed by atoms with Crippen molar-refractivity contribution in [3.8, 4) is 0 Å². The zero-order chi connectivity index (χ0) is 32.1. The third kappa shape index (κ3) is 11.3. The minimum atomic E-state index is -1.11. The number of aryl methyl sites for hydroxylation is 1. The van der Waals surface area contributed by atoms with Crippen molar-refractivity contribution in [3.05, 3.63) is 70.3 Å². The van der Waals surface area contributed by atoms with Gasteiger partial charge in [0.1, 0.15) is 11.6 Å². The fraction of sp³-hybridized carbons (Fsp3) is 0.571. The third-order valence-corrected chi connectivity index (χ3v) is 8.29. The predicted octanol–water partition coefficient (Wildman–Crippen LogP) is 6.10. The van der Waals surface area contributed by atoms with Gasteiger partial charge in [0.2, 0.25) is 5.91 Å². The zero-order valence-electron chi connectivity index (χ0n) is 26.5. The van der Waals surface area contributed by atoms with Crippen LogP contribution in [-0.4, -0.2) is 59.5 Å². The Bertz CT molecular complexity index is 1220. The number of hydrogen-bond acceptors (Lipinski definition) is 4. The van der Waals surface area contributed by atoms with E-state index < -0.39 is 29.7 Å². The van der Waals surface area contributed by atoms with Crippen LogP contribution in [0, 0.1) is 24.5 Å². The molecule has 1 aliphatic carbocycles. The number of carbonyl (C=O) groups excluding carboxylic acids is 3. The number of rotatable bonds is 16. The molecule has 0 aromatic heterocycles. The van der Waals surface area contributed by atoms with E-state index in [2.05, 4.69) is 10.6 Å². The maximum absolute atomic E-state index is 14.0. The van der Waals surface area contributed by atoms with Gasteiger partial charge < -0.3 is 20.6 Å². The molecule has 1 saturated carbocycles. The molecular formula is C35H49F2N3O4. The fourth-order valence-electron chi connectivity index (χ4n) is 6.05. The molecule has 1 fully saturated rings. The van der Waals surface area contributed by atoms with Crippen molar-refractivity contribution in [2.24, 2.45) is 5.92 Å². The molecule has 2 aromatic rings. The van der Waals surface area contributed by atoms with Gasteiger partial charge in [0.05, 0.1) is 12.1 Å². The molecule has 7 nitrogen and oxygen atoms in total. The Labute approximate surface area is 260 Å². The number of amides is 3. The van der Waals surface area contributed by atoms with Gasteiger partial charge in [-0.15, -0.1) is 0 Å². The molecule has 0 aliphatic heterocycles. The Morgan fingerprint density at radius 2 is 1.57 bits per heavy atom. The average Bonchev–Trinajstić information content (AvgIpc) is 2.99. The highest BCUT2D eigenvalue weighted by Gasteiger charge is 2.25. The number of nitrogens with one attached hydrogen (secondary N) is 2. The van der Waals surface area contributed by atoms with Crippen molar-refractivity contribution in [3.63, 3.8) is 0 Å². The first-order valence-electron chi connectivity index (χ1n) is 16.2. The van der Waals surface area contributed by atoms with E-state index in [1.54, 1.807) is 30.0 Å². The maximum atomic E-state index is 14.0. The summed E-state index contributed by atoms with van der Waals surface area (Å²) in [5.41, 5.74) is 1.66. The molecule has 0 heterocycles. The van der Waals surface area contributed by atoms with Crippen LogP contribution in [0.15, 0.2) is 36.4 Å². The maximum Gasteiger partial charge on any atom is 0.253 e. The summed E-state index contributed by atoms with van der Waals surface area (Å²) < 4.78 is 27.9. The van der Waals surface area contributed by atoms with Gasteiger partial charge in [0, 0.05) is 43.2 Å². The number of aliphatic hydroxyl groups is 1. The minimum absolute atomic E-state index is 0.0321. The van der Waals surface area contributed by atoms with Crippen LogP contribution in [0.4, 0.5) is 8.78 Å². The van der Waals surface area contributed by atoms with E-state index in [1.165, 1.54) is 44.2 Å². The van der Waals surface area contributed by atoms with Crippen molar-refractivity contribution < 1.29 is 28.3 Å². The fourth-order valence-corrected chi connectivity index (χ4v) is 6.05. The average molecular weight is 614 g/mol. The van der Waals surface area contributed by atoms with Crippen molar-refractivity contribution in [1.82, 2.24) is 15.5 Å². The lowest BCUT2D eigenvalue weighted by molar-refractivity contribution is -0.121. The lowest BCUT2D eigenvalue weighted by Gasteiger charge is -2.25. The number of nitrogens with zero attached hydrogens (tertiary/aromatic N) is 1. The first kappa shape index (κ1) is 35.2. The van der Waals surface area contributed by atoms with E-state index in [9.17, 15) is 28.3 Å². The van der Waals surface area contributed by atoms with E-state index in [4.69, 9.17) is 0 Å². The van der Waals surface area contributed by atoms with Gasteiger partial charge in [0.25, 0.3) is 11.8 Å². The predicted molar refractivity (Wildman–Crippen MR) is 168 cm³/mol. The molecule has 2 aromatic carbocycles. The summed E-state index contributed by atoms with van der Waals surface area (Å²) in [6.07, 6.45) is 7.95. The lowest BCUT2D eigenvalue weighted by Crippen LogP contribution is -2.46. The Morgan fingerprint density at radius 1 is 0.932 bits per heavy atom. The van der Waals surface area contributed by atoms with Gasteiger partial charge in [-0.25, -0.2) is 8.78 Å². The molecule has 1 aliphatic rings. The van der Waals surface area contributed by atoms with Crippen LogP contribution in [0.5, 0.6) is 0 Å². The van der Waals surface area contributed by atoms with Crippen LogP contribution >= 0.6 is 0 Å².